The summed E-state index contributed by atoms with van der Waals surface area (Å²) in [6.07, 6.45) is 6.26. The number of aliphatic hydroxyl groups excluding tert-OH is 1. The van der Waals surface area contributed by atoms with Crippen LogP contribution in [0.2, 0.25) is 5.02 Å². The summed E-state index contributed by atoms with van der Waals surface area (Å²) in [6.45, 7) is 2.01. The third-order valence-corrected chi connectivity index (χ3v) is 5.42. The molecule has 1 fully saturated rings. The Kier molecular flexibility index (Phi) is 4.02. The zero-order chi connectivity index (χ0) is 16.7. The highest BCUT2D eigenvalue weighted by Crippen LogP contribution is 2.42. The molecule has 1 N–H and O–H groups in total. The molecular formula is C19H20ClN3O. The minimum atomic E-state index is -0.466. The first-order valence-electron chi connectivity index (χ1n) is 8.35. The van der Waals surface area contributed by atoms with Gasteiger partial charge in [0.2, 0.25) is 0 Å². The van der Waals surface area contributed by atoms with E-state index in [0.717, 1.165) is 41.6 Å². The summed E-state index contributed by atoms with van der Waals surface area (Å²) in [5.74, 6) is 0.244. The van der Waals surface area contributed by atoms with Crippen LogP contribution in [0.3, 0.4) is 0 Å². The van der Waals surface area contributed by atoms with Gasteiger partial charge in [0, 0.05) is 22.6 Å². The normalized spacial score (nSPS) is 22.1. The van der Waals surface area contributed by atoms with Crippen LogP contribution in [0, 0.1) is 12.8 Å². The Morgan fingerprint density at radius 1 is 1.25 bits per heavy atom. The lowest BCUT2D eigenvalue weighted by Gasteiger charge is -2.19. The van der Waals surface area contributed by atoms with Crippen molar-refractivity contribution in [1.82, 2.24) is 14.5 Å². The molecule has 3 aromatic rings. The third-order valence-electron chi connectivity index (χ3n) is 5.18. The lowest BCUT2D eigenvalue weighted by molar-refractivity contribution is 0.109. The Bertz CT molecular complexity index is 876. The van der Waals surface area contributed by atoms with Gasteiger partial charge in [-0.05, 0) is 55.9 Å². The lowest BCUT2D eigenvalue weighted by Crippen LogP contribution is -2.11. The van der Waals surface area contributed by atoms with E-state index in [1.807, 2.05) is 31.2 Å². The molecule has 1 saturated carbocycles. The fourth-order valence-electron chi connectivity index (χ4n) is 3.89. The van der Waals surface area contributed by atoms with Gasteiger partial charge in [0.1, 0.15) is 12.0 Å². The standard InChI is InChI=1S/C19H20ClN3O/c1-12-17-7-8-23(19(17)22-11-21-12)16-6-5-14(10-16)18(24)13-3-2-4-15(20)9-13/h2-4,7-9,11,14,16,18,24H,5-6,10H2,1H3. The molecule has 0 radical (unpaired) electrons. The number of fused-ring (bicyclic) bond motifs is 1. The number of nitrogens with zero attached hydrogens (tertiary/aromatic N) is 3. The smallest absolute Gasteiger partial charge is 0.143 e. The second-order valence-corrected chi connectivity index (χ2v) is 7.08. The molecule has 1 aromatic carbocycles. The second-order valence-electron chi connectivity index (χ2n) is 6.65. The molecule has 4 rings (SSSR count). The monoisotopic (exact) mass is 341 g/mol. The maximum absolute atomic E-state index is 10.7. The van der Waals surface area contributed by atoms with E-state index in [9.17, 15) is 5.11 Å². The van der Waals surface area contributed by atoms with Gasteiger partial charge in [0.15, 0.2) is 0 Å². The quantitative estimate of drug-likeness (QED) is 0.764. The summed E-state index contributed by atoms with van der Waals surface area (Å²) < 4.78 is 2.24. The Balaban J connectivity index is 1.57. The van der Waals surface area contributed by atoms with Gasteiger partial charge in [-0.2, -0.15) is 0 Å². The number of aliphatic hydroxyl groups is 1. The van der Waals surface area contributed by atoms with Crippen LogP contribution in [0.25, 0.3) is 11.0 Å². The van der Waals surface area contributed by atoms with E-state index >= 15 is 0 Å². The van der Waals surface area contributed by atoms with Gasteiger partial charge in [-0.25, -0.2) is 9.97 Å². The lowest BCUT2D eigenvalue weighted by atomic mass is 9.94. The molecular weight excluding hydrogens is 322 g/mol. The molecule has 4 nitrogen and oxygen atoms in total. The van der Waals surface area contributed by atoms with Gasteiger partial charge in [-0.15, -0.1) is 0 Å². The summed E-state index contributed by atoms with van der Waals surface area (Å²) >= 11 is 6.06. The Morgan fingerprint density at radius 2 is 2.12 bits per heavy atom. The van der Waals surface area contributed by atoms with Crippen LogP contribution < -0.4 is 0 Å². The number of rotatable bonds is 3. The number of hydrogen-bond donors (Lipinski definition) is 1. The summed E-state index contributed by atoms with van der Waals surface area (Å²) in [5.41, 5.74) is 2.90. The maximum atomic E-state index is 10.7. The first kappa shape index (κ1) is 15.6. The number of aryl methyl sites for hydroxylation is 1. The molecule has 0 saturated heterocycles. The summed E-state index contributed by atoms with van der Waals surface area (Å²) in [6, 6.07) is 10.0. The van der Waals surface area contributed by atoms with E-state index < -0.39 is 6.10 Å². The average molecular weight is 342 g/mol. The van der Waals surface area contributed by atoms with Crippen LogP contribution in [0.5, 0.6) is 0 Å². The molecule has 5 heteroatoms. The van der Waals surface area contributed by atoms with Crippen LogP contribution >= 0.6 is 11.6 Å². The number of hydrogen-bond acceptors (Lipinski definition) is 3. The first-order valence-corrected chi connectivity index (χ1v) is 8.73. The zero-order valence-corrected chi connectivity index (χ0v) is 14.3. The highest BCUT2D eigenvalue weighted by atomic mass is 35.5. The van der Waals surface area contributed by atoms with E-state index in [1.165, 1.54) is 0 Å². The molecule has 1 aliphatic rings. The molecule has 3 atom stereocenters. The molecule has 0 aliphatic heterocycles. The molecule has 24 heavy (non-hydrogen) atoms. The topological polar surface area (TPSA) is 50.9 Å². The molecule has 1 aliphatic carbocycles. The Morgan fingerprint density at radius 3 is 2.96 bits per heavy atom. The summed E-state index contributed by atoms with van der Waals surface area (Å²) in [5, 5.41) is 12.5. The van der Waals surface area contributed by atoms with Crippen LogP contribution in [0.1, 0.15) is 42.7 Å². The maximum Gasteiger partial charge on any atom is 0.143 e. The van der Waals surface area contributed by atoms with E-state index in [4.69, 9.17) is 11.6 Å². The molecule has 2 aromatic heterocycles. The second kappa shape index (κ2) is 6.19. The Labute approximate surface area is 146 Å². The van der Waals surface area contributed by atoms with Gasteiger partial charge >= 0.3 is 0 Å². The van der Waals surface area contributed by atoms with E-state index in [-0.39, 0.29) is 5.92 Å². The predicted octanol–water partition coefficient (Wildman–Crippen LogP) is 4.47. The van der Waals surface area contributed by atoms with Crippen molar-refractivity contribution >= 4 is 22.6 Å². The van der Waals surface area contributed by atoms with Crippen molar-refractivity contribution in [2.75, 3.05) is 0 Å². The molecule has 124 valence electrons. The van der Waals surface area contributed by atoms with Crippen molar-refractivity contribution < 1.29 is 5.11 Å². The number of halogens is 1. The Hall–Kier alpha value is -1.91. The summed E-state index contributed by atoms with van der Waals surface area (Å²) in [7, 11) is 0. The molecule has 0 amide bonds. The molecule has 0 bridgehead atoms. The van der Waals surface area contributed by atoms with Gasteiger partial charge < -0.3 is 9.67 Å². The van der Waals surface area contributed by atoms with Crippen molar-refractivity contribution in [3.05, 3.63) is 59.1 Å². The van der Waals surface area contributed by atoms with Gasteiger partial charge in [0.05, 0.1) is 11.8 Å². The predicted molar refractivity (Wildman–Crippen MR) is 95.1 cm³/mol. The van der Waals surface area contributed by atoms with Gasteiger partial charge in [-0.3, -0.25) is 0 Å². The zero-order valence-electron chi connectivity index (χ0n) is 13.6. The van der Waals surface area contributed by atoms with Crippen LogP contribution in [0.4, 0.5) is 0 Å². The minimum Gasteiger partial charge on any atom is -0.388 e. The van der Waals surface area contributed by atoms with Crippen molar-refractivity contribution in [2.24, 2.45) is 5.92 Å². The van der Waals surface area contributed by atoms with Crippen LogP contribution in [0.15, 0.2) is 42.9 Å². The third kappa shape index (κ3) is 2.70. The SMILES string of the molecule is Cc1ncnc2c1ccn2C1CCC(C(O)c2cccc(Cl)c2)C1. The highest BCUT2D eigenvalue weighted by Gasteiger charge is 2.32. The minimum absolute atomic E-state index is 0.244. The molecule has 2 heterocycles. The fourth-order valence-corrected chi connectivity index (χ4v) is 4.08. The van der Waals surface area contributed by atoms with Crippen molar-refractivity contribution in [3.8, 4) is 0 Å². The van der Waals surface area contributed by atoms with Crippen molar-refractivity contribution in [2.45, 2.75) is 38.3 Å². The van der Waals surface area contributed by atoms with E-state index in [1.54, 1.807) is 6.33 Å². The fraction of sp³-hybridized carbons (Fsp3) is 0.368. The van der Waals surface area contributed by atoms with Crippen LogP contribution in [-0.2, 0) is 0 Å². The van der Waals surface area contributed by atoms with Gasteiger partial charge in [-0.1, -0.05) is 23.7 Å². The van der Waals surface area contributed by atoms with E-state index in [2.05, 4.69) is 26.8 Å². The largest absolute Gasteiger partial charge is 0.388 e. The average Bonchev–Trinajstić information content (AvgIpc) is 3.21. The summed E-state index contributed by atoms with van der Waals surface area (Å²) in [4.78, 5) is 8.72. The van der Waals surface area contributed by atoms with E-state index in [0.29, 0.717) is 11.1 Å². The van der Waals surface area contributed by atoms with Crippen molar-refractivity contribution in [1.29, 1.82) is 0 Å². The first-order chi connectivity index (χ1) is 11.6. The molecule has 0 spiro atoms. The van der Waals surface area contributed by atoms with Crippen molar-refractivity contribution in [3.63, 3.8) is 0 Å². The van der Waals surface area contributed by atoms with Crippen LogP contribution in [-0.4, -0.2) is 19.6 Å². The highest BCUT2D eigenvalue weighted by molar-refractivity contribution is 6.30. The number of aromatic nitrogens is 3. The molecule has 3 unspecified atom stereocenters. The number of benzene rings is 1. The van der Waals surface area contributed by atoms with Gasteiger partial charge in [0.25, 0.3) is 0 Å².